The Hall–Kier alpha value is -2.33. The maximum absolute atomic E-state index is 11.9. The van der Waals surface area contributed by atoms with E-state index in [-0.39, 0.29) is 22.8 Å². The predicted octanol–water partition coefficient (Wildman–Crippen LogP) is 2.96. The molecule has 2 rings (SSSR count). The van der Waals surface area contributed by atoms with Crippen LogP contribution in [0.1, 0.15) is 22.8 Å². The largest absolute Gasteiger partial charge is 0.507 e. The molecule has 2 N–H and O–H groups in total. The van der Waals surface area contributed by atoms with Gasteiger partial charge in [-0.25, -0.2) is 0 Å². The summed E-state index contributed by atoms with van der Waals surface area (Å²) < 4.78 is 5.07. The minimum atomic E-state index is -0.248. The van der Waals surface area contributed by atoms with Crippen LogP contribution in [-0.4, -0.2) is 29.7 Å². The third kappa shape index (κ3) is 3.06. The zero-order chi connectivity index (χ0) is 15.4. The molecule has 4 heteroatoms. The monoisotopic (exact) mass is 285 g/mol. The maximum Gasteiger partial charge on any atom is 0.163 e. The lowest BCUT2D eigenvalue weighted by Gasteiger charge is -2.16. The van der Waals surface area contributed by atoms with Gasteiger partial charge in [0.2, 0.25) is 0 Å². The molecule has 0 atom stereocenters. The van der Waals surface area contributed by atoms with Crippen LogP contribution in [0.25, 0.3) is 11.1 Å². The highest BCUT2D eigenvalue weighted by atomic mass is 16.5. The second-order valence-corrected chi connectivity index (χ2v) is 4.73. The molecule has 0 aliphatic rings. The van der Waals surface area contributed by atoms with Gasteiger partial charge in [-0.05, 0) is 30.5 Å². The lowest BCUT2D eigenvalue weighted by Crippen LogP contribution is -2.06. The number of benzene rings is 2. The normalized spacial score (nSPS) is 10.6. The second-order valence-electron chi connectivity index (χ2n) is 4.73. The van der Waals surface area contributed by atoms with Gasteiger partial charge in [-0.2, -0.15) is 0 Å². The van der Waals surface area contributed by atoms with Crippen molar-refractivity contribution in [2.24, 2.45) is 0 Å². The van der Waals surface area contributed by atoms with E-state index in [1.807, 2.05) is 0 Å². The average molecular weight is 285 g/mol. The van der Waals surface area contributed by atoms with E-state index in [1.54, 1.807) is 31.4 Å². The summed E-state index contributed by atoms with van der Waals surface area (Å²) in [6, 6.07) is 11.2. The van der Waals surface area contributed by atoms with Gasteiger partial charge in [0.15, 0.2) is 5.78 Å². The smallest absolute Gasteiger partial charge is 0.163 e. The Kier molecular flexibility index (Phi) is 4.60. The van der Waals surface area contributed by atoms with Gasteiger partial charge in [-0.3, -0.25) is 4.79 Å². The molecule has 0 aliphatic carbocycles. The van der Waals surface area contributed by atoms with Gasteiger partial charge in [-0.1, -0.05) is 24.3 Å². The van der Waals surface area contributed by atoms with E-state index in [4.69, 9.17) is 4.74 Å². The molecule has 0 aliphatic heterocycles. The molecule has 1 radical (unpaired) electrons. The number of ether oxygens (including phenoxy) is 1. The van der Waals surface area contributed by atoms with E-state index < -0.39 is 0 Å². The Balaban J connectivity index is 2.72. The summed E-state index contributed by atoms with van der Waals surface area (Å²) in [5.41, 5.74) is 2.13. The zero-order valence-electron chi connectivity index (χ0n) is 12.0. The Morgan fingerprint density at radius 1 is 1.24 bits per heavy atom. The quantitative estimate of drug-likeness (QED) is 0.829. The highest BCUT2D eigenvalue weighted by Crippen LogP contribution is 2.39. The summed E-state index contributed by atoms with van der Waals surface area (Å²) in [7, 11) is 1.56. The van der Waals surface area contributed by atoms with Crippen molar-refractivity contribution in [3.63, 3.8) is 0 Å². The summed E-state index contributed by atoms with van der Waals surface area (Å²) in [6.07, 6.45) is 0.418. The Bertz CT molecular complexity index is 648. The minimum Gasteiger partial charge on any atom is -0.507 e. The number of hydrogen-bond donors (Lipinski definition) is 2. The first-order chi connectivity index (χ1) is 10.1. The number of phenols is 2. The highest BCUT2D eigenvalue weighted by Gasteiger charge is 2.21. The van der Waals surface area contributed by atoms with Crippen LogP contribution in [0.2, 0.25) is 0 Å². The van der Waals surface area contributed by atoms with E-state index in [0.717, 1.165) is 5.56 Å². The van der Waals surface area contributed by atoms with E-state index in [1.165, 1.54) is 13.0 Å². The van der Waals surface area contributed by atoms with Crippen molar-refractivity contribution in [1.29, 1.82) is 0 Å². The summed E-state index contributed by atoms with van der Waals surface area (Å²) in [5, 5.41) is 20.2. The zero-order valence-corrected chi connectivity index (χ0v) is 12.0. The molecule has 21 heavy (non-hydrogen) atoms. The number of ketones is 1. The number of carbonyl (C=O) groups is 1. The highest BCUT2D eigenvalue weighted by molar-refractivity contribution is 6.01. The fraction of sp³-hybridized carbons (Fsp3) is 0.235. The molecule has 109 valence electrons. The van der Waals surface area contributed by atoms with Crippen LogP contribution >= 0.6 is 0 Å². The molecule has 0 saturated heterocycles. The van der Waals surface area contributed by atoms with E-state index in [2.05, 4.69) is 6.07 Å². The molecule has 0 unspecified atom stereocenters. The topological polar surface area (TPSA) is 66.8 Å². The third-order valence-electron chi connectivity index (χ3n) is 3.30. The minimum absolute atomic E-state index is 0.0604. The number of rotatable bonds is 5. The number of Topliss-reactive ketones (excluding diaryl/α,β-unsaturated/α-hetero) is 1. The van der Waals surface area contributed by atoms with E-state index in [0.29, 0.717) is 24.2 Å². The van der Waals surface area contributed by atoms with Crippen molar-refractivity contribution >= 4 is 5.78 Å². The van der Waals surface area contributed by atoms with Crippen molar-refractivity contribution in [3.8, 4) is 22.6 Å². The van der Waals surface area contributed by atoms with Crippen molar-refractivity contribution < 1.29 is 19.7 Å². The second kappa shape index (κ2) is 6.41. The van der Waals surface area contributed by atoms with Crippen LogP contribution < -0.4 is 0 Å². The van der Waals surface area contributed by atoms with Crippen molar-refractivity contribution in [1.82, 2.24) is 0 Å². The molecular formula is C17H17O4. The molecule has 0 aromatic heterocycles. The van der Waals surface area contributed by atoms with Crippen molar-refractivity contribution in [2.75, 3.05) is 13.7 Å². The van der Waals surface area contributed by atoms with Crippen LogP contribution in [0.5, 0.6) is 11.5 Å². The van der Waals surface area contributed by atoms with E-state index >= 15 is 0 Å². The molecule has 0 fully saturated rings. The van der Waals surface area contributed by atoms with Gasteiger partial charge in [0.25, 0.3) is 0 Å². The fourth-order valence-corrected chi connectivity index (χ4v) is 2.43. The Labute approximate surface area is 123 Å². The van der Waals surface area contributed by atoms with Gasteiger partial charge in [0.1, 0.15) is 11.5 Å². The number of carbonyl (C=O) groups excluding carboxylic acids is 1. The SMILES string of the molecule is COCCc1c(C(C)=O)c(O)cc(O)c1-c1cc[c]cc1. The maximum atomic E-state index is 11.9. The Morgan fingerprint density at radius 3 is 2.48 bits per heavy atom. The molecular weight excluding hydrogens is 268 g/mol. The van der Waals surface area contributed by atoms with Crippen LogP contribution in [-0.2, 0) is 11.2 Å². The summed E-state index contributed by atoms with van der Waals surface area (Å²) in [4.78, 5) is 11.9. The molecule has 2 aromatic carbocycles. The first-order valence-corrected chi connectivity index (χ1v) is 6.60. The van der Waals surface area contributed by atoms with Gasteiger partial charge in [0.05, 0.1) is 12.2 Å². The lowest BCUT2D eigenvalue weighted by molar-refractivity contribution is 0.101. The fourth-order valence-electron chi connectivity index (χ4n) is 2.43. The average Bonchev–Trinajstić information content (AvgIpc) is 2.45. The third-order valence-corrected chi connectivity index (χ3v) is 3.30. The van der Waals surface area contributed by atoms with Crippen molar-refractivity contribution in [2.45, 2.75) is 13.3 Å². The molecule has 4 nitrogen and oxygen atoms in total. The number of hydrogen-bond acceptors (Lipinski definition) is 4. The molecule has 0 saturated carbocycles. The van der Waals surface area contributed by atoms with Crippen LogP contribution in [0.15, 0.2) is 30.3 Å². The number of phenolic OH excluding ortho intramolecular Hbond substituents is 2. The van der Waals surface area contributed by atoms with Gasteiger partial charge in [0, 0.05) is 18.7 Å². The number of aromatic hydroxyl groups is 2. The first-order valence-electron chi connectivity index (χ1n) is 6.60. The molecule has 0 amide bonds. The summed E-state index contributed by atoms with van der Waals surface area (Å²) >= 11 is 0. The standard InChI is InChI=1S/C17H17O4/c1-11(18)16-13(8-9-21-2)17(15(20)10-14(16)19)12-6-4-3-5-7-12/h4-7,10,19-20H,8-9H2,1-2H3. The van der Waals surface area contributed by atoms with Crippen LogP contribution in [0.4, 0.5) is 0 Å². The van der Waals surface area contributed by atoms with Gasteiger partial charge in [-0.15, -0.1) is 0 Å². The first kappa shape index (κ1) is 15.1. The Morgan fingerprint density at radius 2 is 1.90 bits per heavy atom. The molecule has 0 bridgehead atoms. The molecule has 0 spiro atoms. The molecule has 2 aromatic rings. The van der Waals surface area contributed by atoms with Gasteiger partial charge < -0.3 is 14.9 Å². The summed E-state index contributed by atoms with van der Waals surface area (Å²) in [6.45, 7) is 1.78. The summed E-state index contributed by atoms with van der Waals surface area (Å²) in [5.74, 6) is -0.519. The number of methoxy groups -OCH3 is 1. The van der Waals surface area contributed by atoms with Gasteiger partial charge >= 0.3 is 0 Å². The van der Waals surface area contributed by atoms with Crippen molar-refractivity contribution in [3.05, 3.63) is 47.5 Å². The lowest BCUT2D eigenvalue weighted by atomic mass is 9.90. The van der Waals surface area contributed by atoms with Crippen LogP contribution in [0.3, 0.4) is 0 Å². The predicted molar refractivity (Wildman–Crippen MR) is 79.6 cm³/mol. The van der Waals surface area contributed by atoms with E-state index in [9.17, 15) is 15.0 Å². The molecule has 0 heterocycles. The van der Waals surface area contributed by atoms with Crippen LogP contribution in [0, 0.1) is 6.07 Å².